The van der Waals surface area contributed by atoms with Gasteiger partial charge in [-0.1, -0.05) is 35.0 Å². The zero-order valence-electron chi connectivity index (χ0n) is 18.0. The summed E-state index contributed by atoms with van der Waals surface area (Å²) in [5.74, 6) is 0.585. The maximum atomic E-state index is 12.4. The minimum Gasteiger partial charge on any atom is -0.484 e. The SMILES string of the molecule is CCOC(=O)c1ccc(NC(=O)CSc2nnc(COc3cc(Cl)ccc3Cl)n2CC)cc1. The van der Waals surface area contributed by atoms with Gasteiger partial charge >= 0.3 is 5.97 Å². The van der Waals surface area contributed by atoms with E-state index in [0.29, 0.717) is 51.2 Å². The summed E-state index contributed by atoms with van der Waals surface area (Å²) in [5.41, 5.74) is 1.01. The molecule has 11 heteroatoms. The molecule has 0 bridgehead atoms. The fraction of sp³-hybridized carbons (Fsp3) is 0.273. The van der Waals surface area contributed by atoms with Crippen LogP contribution in [0.1, 0.15) is 30.0 Å². The maximum Gasteiger partial charge on any atom is 0.338 e. The molecule has 1 amide bonds. The summed E-state index contributed by atoms with van der Waals surface area (Å²) in [6, 6.07) is 11.5. The number of carbonyl (C=O) groups excluding carboxylic acids is 2. The zero-order chi connectivity index (χ0) is 23.8. The summed E-state index contributed by atoms with van der Waals surface area (Å²) in [5, 5.41) is 12.7. The van der Waals surface area contributed by atoms with E-state index in [2.05, 4.69) is 15.5 Å². The molecule has 1 heterocycles. The topological polar surface area (TPSA) is 95.3 Å². The van der Waals surface area contributed by atoms with Gasteiger partial charge in [0.15, 0.2) is 11.0 Å². The van der Waals surface area contributed by atoms with Crippen LogP contribution in [0.4, 0.5) is 5.69 Å². The van der Waals surface area contributed by atoms with Crippen molar-refractivity contribution in [2.75, 3.05) is 17.7 Å². The number of hydrogen-bond acceptors (Lipinski definition) is 7. The third-order valence-electron chi connectivity index (χ3n) is 4.37. The van der Waals surface area contributed by atoms with Gasteiger partial charge in [-0.3, -0.25) is 4.79 Å². The monoisotopic (exact) mass is 508 g/mol. The van der Waals surface area contributed by atoms with E-state index >= 15 is 0 Å². The van der Waals surface area contributed by atoms with Crippen molar-refractivity contribution >= 4 is 52.5 Å². The van der Waals surface area contributed by atoms with Gasteiger partial charge in [0.1, 0.15) is 12.4 Å². The molecule has 3 aromatic rings. The first-order valence-electron chi connectivity index (χ1n) is 10.1. The van der Waals surface area contributed by atoms with Gasteiger partial charge in [-0.15, -0.1) is 10.2 Å². The number of amides is 1. The van der Waals surface area contributed by atoms with Crippen molar-refractivity contribution < 1.29 is 19.1 Å². The number of esters is 1. The number of nitrogens with zero attached hydrogens (tertiary/aromatic N) is 3. The number of ether oxygens (including phenoxy) is 2. The van der Waals surface area contributed by atoms with E-state index in [4.69, 9.17) is 32.7 Å². The average Bonchev–Trinajstić information content (AvgIpc) is 3.20. The molecular formula is C22H22Cl2N4O4S. The fourth-order valence-electron chi connectivity index (χ4n) is 2.81. The van der Waals surface area contributed by atoms with Gasteiger partial charge in [0.2, 0.25) is 5.91 Å². The Labute approximate surface area is 205 Å². The molecule has 0 unspecified atom stereocenters. The van der Waals surface area contributed by atoms with Crippen LogP contribution in [-0.4, -0.2) is 39.0 Å². The standard InChI is InChI=1S/C22H22Cl2N4O4S/c1-3-28-19(12-32-18-11-15(23)7-10-17(18)24)26-27-22(28)33-13-20(29)25-16-8-5-14(6-9-16)21(30)31-4-2/h5-11H,3-4,12-13H2,1-2H3,(H,25,29). The molecule has 0 aliphatic heterocycles. The molecule has 0 atom stereocenters. The number of aromatic nitrogens is 3. The Balaban J connectivity index is 1.55. The summed E-state index contributed by atoms with van der Waals surface area (Å²) in [7, 11) is 0. The Kier molecular flexibility index (Phi) is 8.99. The summed E-state index contributed by atoms with van der Waals surface area (Å²) in [6.07, 6.45) is 0. The van der Waals surface area contributed by atoms with E-state index < -0.39 is 5.97 Å². The number of thioether (sulfide) groups is 1. The van der Waals surface area contributed by atoms with Crippen molar-refractivity contribution in [3.8, 4) is 5.75 Å². The average molecular weight is 509 g/mol. The van der Waals surface area contributed by atoms with Crippen LogP contribution in [0.25, 0.3) is 0 Å². The molecule has 0 spiro atoms. The number of rotatable bonds is 10. The lowest BCUT2D eigenvalue weighted by Gasteiger charge is -2.10. The highest BCUT2D eigenvalue weighted by atomic mass is 35.5. The Morgan fingerprint density at radius 3 is 2.55 bits per heavy atom. The predicted octanol–water partition coefficient (Wildman–Crippen LogP) is 5.09. The second kappa shape index (κ2) is 11.9. The van der Waals surface area contributed by atoms with E-state index in [1.54, 1.807) is 49.4 Å². The molecule has 0 aliphatic rings. The second-order valence-corrected chi connectivity index (χ2v) is 8.43. The molecule has 8 nitrogen and oxygen atoms in total. The number of benzene rings is 2. The lowest BCUT2D eigenvalue weighted by Crippen LogP contribution is -2.15. The maximum absolute atomic E-state index is 12.4. The first kappa shape index (κ1) is 24.9. The highest BCUT2D eigenvalue weighted by molar-refractivity contribution is 7.99. The number of hydrogen-bond donors (Lipinski definition) is 1. The first-order chi connectivity index (χ1) is 15.9. The Morgan fingerprint density at radius 2 is 1.85 bits per heavy atom. The predicted molar refractivity (Wildman–Crippen MR) is 128 cm³/mol. The van der Waals surface area contributed by atoms with Gasteiger partial charge in [-0.25, -0.2) is 4.79 Å². The Bertz CT molecular complexity index is 1120. The van der Waals surface area contributed by atoms with E-state index in [0.717, 1.165) is 0 Å². The van der Waals surface area contributed by atoms with Crippen LogP contribution in [0.3, 0.4) is 0 Å². The van der Waals surface area contributed by atoms with Gasteiger partial charge in [0.05, 0.1) is 22.9 Å². The van der Waals surface area contributed by atoms with Crippen LogP contribution in [0.5, 0.6) is 5.75 Å². The van der Waals surface area contributed by atoms with E-state index in [-0.39, 0.29) is 18.3 Å². The zero-order valence-corrected chi connectivity index (χ0v) is 20.3. The second-order valence-electron chi connectivity index (χ2n) is 6.64. The molecular weight excluding hydrogens is 487 g/mol. The quantitative estimate of drug-likeness (QED) is 0.300. The lowest BCUT2D eigenvalue weighted by atomic mass is 10.2. The number of anilines is 1. The number of carbonyl (C=O) groups is 2. The molecule has 2 aromatic carbocycles. The molecule has 0 aliphatic carbocycles. The molecule has 174 valence electrons. The van der Waals surface area contributed by atoms with Crippen molar-refractivity contribution in [2.45, 2.75) is 32.2 Å². The summed E-state index contributed by atoms with van der Waals surface area (Å²) >= 11 is 13.4. The highest BCUT2D eigenvalue weighted by Gasteiger charge is 2.15. The molecule has 0 fully saturated rings. The molecule has 0 saturated carbocycles. The molecule has 33 heavy (non-hydrogen) atoms. The molecule has 1 aromatic heterocycles. The largest absolute Gasteiger partial charge is 0.484 e. The van der Waals surface area contributed by atoms with E-state index in [9.17, 15) is 9.59 Å². The van der Waals surface area contributed by atoms with Crippen molar-refractivity contribution in [3.63, 3.8) is 0 Å². The van der Waals surface area contributed by atoms with Crippen LogP contribution in [0.15, 0.2) is 47.6 Å². The number of nitrogens with one attached hydrogen (secondary N) is 1. The van der Waals surface area contributed by atoms with Crippen LogP contribution >= 0.6 is 35.0 Å². The summed E-state index contributed by atoms with van der Waals surface area (Å²) < 4.78 is 12.6. The van der Waals surface area contributed by atoms with Gasteiger partial charge < -0.3 is 19.4 Å². The third-order valence-corrected chi connectivity index (χ3v) is 5.89. The number of halogens is 2. The van der Waals surface area contributed by atoms with Crippen molar-refractivity contribution in [2.24, 2.45) is 0 Å². The van der Waals surface area contributed by atoms with Crippen molar-refractivity contribution in [1.29, 1.82) is 0 Å². The van der Waals surface area contributed by atoms with Crippen molar-refractivity contribution in [3.05, 3.63) is 63.9 Å². The van der Waals surface area contributed by atoms with Crippen LogP contribution in [0, 0.1) is 0 Å². The molecule has 1 N–H and O–H groups in total. The summed E-state index contributed by atoms with van der Waals surface area (Å²) in [6.45, 7) is 4.76. The van der Waals surface area contributed by atoms with Gasteiger partial charge in [0.25, 0.3) is 0 Å². The third kappa shape index (κ3) is 6.86. The Hall–Kier alpha value is -2.75. The van der Waals surface area contributed by atoms with Crippen LogP contribution < -0.4 is 10.1 Å². The van der Waals surface area contributed by atoms with Crippen LogP contribution in [-0.2, 0) is 22.7 Å². The normalized spacial score (nSPS) is 10.7. The minimum atomic E-state index is -0.401. The molecule has 0 saturated heterocycles. The van der Waals surface area contributed by atoms with Crippen molar-refractivity contribution in [1.82, 2.24) is 14.8 Å². The highest BCUT2D eigenvalue weighted by Crippen LogP contribution is 2.28. The molecule has 3 rings (SSSR count). The van der Waals surface area contributed by atoms with Gasteiger partial charge in [-0.2, -0.15) is 0 Å². The smallest absolute Gasteiger partial charge is 0.338 e. The fourth-order valence-corrected chi connectivity index (χ4v) is 3.97. The minimum absolute atomic E-state index is 0.138. The summed E-state index contributed by atoms with van der Waals surface area (Å²) in [4.78, 5) is 24.1. The van der Waals surface area contributed by atoms with E-state index in [1.807, 2.05) is 11.5 Å². The van der Waals surface area contributed by atoms with Gasteiger partial charge in [-0.05, 0) is 50.2 Å². The van der Waals surface area contributed by atoms with Crippen LogP contribution in [0.2, 0.25) is 10.0 Å². The lowest BCUT2D eigenvalue weighted by molar-refractivity contribution is -0.113. The first-order valence-corrected chi connectivity index (χ1v) is 11.8. The van der Waals surface area contributed by atoms with Gasteiger partial charge in [0, 0.05) is 23.3 Å². The Morgan fingerprint density at radius 1 is 1.09 bits per heavy atom. The molecule has 0 radical (unpaired) electrons. The van der Waals surface area contributed by atoms with E-state index in [1.165, 1.54) is 11.8 Å².